The van der Waals surface area contributed by atoms with E-state index in [-0.39, 0.29) is 0 Å². The predicted octanol–water partition coefficient (Wildman–Crippen LogP) is 1.89. The number of ether oxygens (including phenoxy) is 1. The van der Waals surface area contributed by atoms with Gasteiger partial charge in [0, 0.05) is 43.6 Å². The summed E-state index contributed by atoms with van der Waals surface area (Å²) in [5.74, 6) is 0. The molecule has 0 aromatic carbocycles. The normalized spacial score (nSPS) is 10.8. The van der Waals surface area contributed by atoms with E-state index in [0.29, 0.717) is 12.2 Å². The first-order valence-corrected chi connectivity index (χ1v) is 5.25. The van der Waals surface area contributed by atoms with Crippen LogP contribution in [-0.4, -0.2) is 29.6 Å². The van der Waals surface area contributed by atoms with E-state index in [0.717, 1.165) is 30.3 Å². The van der Waals surface area contributed by atoms with E-state index in [1.807, 2.05) is 22.9 Å². The van der Waals surface area contributed by atoms with Crippen LogP contribution in [0.2, 0.25) is 0 Å². The molecule has 0 unspecified atom stereocenters. The lowest BCUT2D eigenvalue weighted by Crippen LogP contribution is -2.00. The average molecular weight is 218 g/mol. The first-order chi connectivity index (χ1) is 7.86. The number of pyridine rings is 1. The molecular weight excluding hydrogens is 204 g/mol. The van der Waals surface area contributed by atoms with Crippen LogP contribution in [0.25, 0.3) is 11.0 Å². The topological polar surface area (TPSA) is 44.1 Å². The third kappa shape index (κ3) is 1.97. The van der Waals surface area contributed by atoms with Crippen molar-refractivity contribution in [2.24, 2.45) is 0 Å². The lowest BCUT2D eigenvalue weighted by Gasteiger charge is -2.03. The molecule has 0 aliphatic rings. The number of carbonyl (C=O) groups is 1. The maximum absolute atomic E-state index is 10.9. The predicted molar refractivity (Wildman–Crippen MR) is 61.6 cm³/mol. The number of hydrogen-bond acceptors (Lipinski definition) is 3. The molecule has 0 aliphatic carbocycles. The van der Waals surface area contributed by atoms with E-state index in [9.17, 15) is 4.79 Å². The molecule has 0 spiro atoms. The molecule has 0 N–H and O–H groups in total. The van der Waals surface area contributed by atoms with Gasteiger partial charge in [0.05, 0.1) is 0 Å². The monoisotopic (exact) mass is 218 g/mol. The number of aryl methyl sites for hydroxylation is 1. The fourth-order valence-electron chi connectivity index (χ4n) is 1.79. The van der Waals surface area contributed by atoms with E-state index in [1.165, 1.54) is 0 Å². The fourth-order valence-corrected chi connectivity index (χ4v) is 1.79. The molecule has 2 aromatic heterocycles. The highest BCUT2D eigenvalue weighted by Gasteiger charge is 2.07. The molecule has 0 atom stereocenters. The van der Waals surface area contributed by atoms with Crippen LogP contribution in [0, 0.1) is 0 Å². The Morgan fingerprint density at radius 2 is 2.44 bits per heavy atom. The van der Waals surface area contributed by atoms with E-state index in [4.69, 9.17) is 4.74 Å². The zero-order chi connectivity index (χ0) is 11.4. The number of rotatable bonds is 5. The molecule has 16 heavy (non-hydrogen) atoms. The van der Waals surface area contributed by atoms with Gasteiger partial charge in [-0.2, -0.15) is 0 Å². The molecule has 84 valence electrons. The van der Waals surface area contributed by atoms with Gasteiger partial charge in [0.1, 0.15) is 5.65 Å². The number of carbonyl (C=O) groups excluding carboxylic acids is 1. The lowest BCUT2D eigenvalue weighted by atomic mass is 10.2. The van der Waals surface area contributed by atoms with Crippen LogP contribution in [0.4, 0.5) is 0 Å². The largest absolute Gasteiger partial charge is 0.385 e. The number of aldehydes is 1. The summed E-state index contributed by atoms with van der Waals surface area (Å²) in [6, 6.07) is 3.76. The van der Waals surface area contributed by atoms with Crippen molar-refractivity contribution in [1.82, 2.24) is 9.55 Å². The number of fused-ring (bicyclic) bond motifs is 1. The fraction of sp³-hybridized carbons (Fsp3) is 0.333. The Hall–Kier alpha value is -1.68. The molecule has 4 heteroatoms. The van der Waals surface area contributed by atoms with Gasteiger partial charge in [0.25, 0.3) is 0 Å². The quantitative estimate of drug-likeness (QED) is 0.568. The zero-order valence-electron chi connectivity index (χ0n) is 9.22. The molecule has 2 heterocycles. The number of aromatic nitrogens is 2. The molecule has 0 saturated carbocycles. The van der Waals surface area contributed by atoms with Gasteiger partial charge in [0.15, 0.2) is 6.29 Å². The van der Waals surface area contributed by atoms with Crippen molar-refractivity contribution in [3.63, 3.8) is 0 Å². The molecule has 0 bridgehead atoms. The Labute approximate surface area is 93.9 Å². The van der Waals surface area contributed by atoms with Gasteiger partial charge in [-0.15, -0.1) is 0 Å². The summed E-state index contributed by atoms with van der Waals surface area (Å²) in [6.07, 6.45) is 5.37. The first-order valence-electron chi connectivity index (χ1n) is 5.25. The number of nitrogens with zero attached hydrogens (tertiary/aromatic N) is 2. The van der Waals surface area contributed by atoms with E-state index >= 15 is 0 Å². The Morgan fingerprint density at radius 1 is 1.56 bits per heavy atom. The Bertz CT molecular complexity index is 491. The maximum Gasteiger partial charge on any atom is 0.152 e. The molecule has 0 amide bonds. The standard InChI is InChI=1S/C12H14N2O2/c1-16-7-3-6-14-8-10(9-15)11-4-2-5-13-12(11)14/h2,4-5,8-9H,3,6-7H2,1H3. The summed E-state index contributed by atoms with van der Waals surface area (Å²) in [5.41, 5.74) is 1.56. The maximum atomic E-state index is 10.9. The smallest absolute Gasteiger partial charge is 0.152 e. The van der Waals surface area contributed by atoms with Crippen molar-refractivity contribution in [1.29, 1.82) is 0 Å². The van der Waals surface area contributed by atoms with Gasteiger partial charge in [-0.3, -0.25) is 4.79 Å². The number of methoxy groups -OCH3 is 1. The Kier molecular flexibility index (Phi) is 3.31. The molecule has 0 fully saturated rings. The van der Waals surface area contributed by atoms with E-state index < -0.39 is 0 Å². The van der Waals surface area contributed by atoms with Gasteiger partial charge < -0.3 is 9.30 Å². The van der Waals surface area contributed by atoms with Gasteiger partial charge in [0.2, 0.25) is 0 Å². The van der Waals surface area contributed by atoms with Crippen LogP contribution in [-0.2, 0) is 11.3 Å². The molecular formula is C12H14N2O2. The van der Waals surface area contributed by atoms with Crippen molar-refractivity contribution in [2.45, 2.75) is 13.0 Å². The van der Waals surface area contributed by atoms with Crippen LogP contribution in [0.5, 0.6) is 0 Å². The second-order valence-electron chi connectivity index (χ2n) is 3.62. The molecule has 2 aromatic rings. The highest BCUT2D eigenvalue weighted by molar-refractivity contribution is 5.95. The molecule has 0 aliphatic heterocycles. The summed E-state index contributed by atoms with van der Waals surface area (Å²) in [7, 11) is 1.68. The second kappa shape index (κ2) is 4.90. The summed E-state index contributed by atoms with van der Waals surface area (Å²) in [5, 5.41) is 0.912. The van der Waals surface area contributed by atoms with Crippen LogP contribution < -0.4 is 0 Å². The SMILES string of the molecule is COCCCn1cc(C=O)c2cccnc21. The molecule has 4 nitrogen and oxygen atoms in total. The summed E-state index contributed by atoms with van der Waals surface area (Å²) in [4.78, 5) is 15.2. The van der Waals surface area contributed by atoms with Gasteiger partial charge >= 0.3 is 0 Å². The lowest BCUT2D eigenvalue weighted by molar-refractivity contribution is 0.112. The van der Waals surface area contributed by atoms with Gasteiger partial charge in [-0.05, 0) is 18.6 Å². The highest BCUT2D eigenvalue weighted by atomic mass is 16.5. The van der Waals surface area contributed by atoms with Crippen molar-refractivity contribution in [2.75, 3.05) is 13.7 Å². The third-order valence-electron chi connectivity index (χ3n) is 2.54. The first kappa shape index (κ1) is 10.8. The zero-order valence-corrected chi connectivity index (χ0v) is 9.22. The van der Waals surface area contributed by atoms with E-state index in [1.54, 1.807) is 13.3 Å². The minimum Gasteiger partial charge on any atom is -0.385 e. The second-order valence-corrected chi connectivity index (χ2v) is 3.62. The summed E-state index contributed by atoms with van der Waals surface area (Å²) in [6.45, 7) is 1.53. The molecule has 2 rings (SSSR count). The van der Waals surface area contributed by atoms with Crippen LogP contribution in [0.15, 0.2) is 24.5 Å². The minimum absolute atomic E-state index is 0.695. The summed E-state index contributed by atoms with van der Waals surface area (Å²) < 4.78 is 7.00. The van der Waals surface area contributed by atoms with Crippen LogP contribution >= 0.6 is 0 Å². The van der Waals surface area contributed by atoms with Crippen molar-refractivity contribution in [3.05, 3.63) is 30.1 Å². The average Bonchev–Trinajstić information content (AvgIpc) is 2.68. The summed E-state index contributed by atoms with van der Waals surface area (Å²) >= 11 is 0. The Balaban J connectivity index is 2.33. The molecule has 0 radical (unpaired) electrons. The van der Waals surface area contributed by atoms with Crippen molar-refractivity contribution in [3.8, 4) is 0 Å². The Morgan fingerprint density at radius 3 is 3.19 bits per heavy atom. The molecule has 0 saturated heterocycles. The highest BCUT2D eigenvalue weighted by Crippen LogP contribution is 2.17. The van der Waals surface area contributed by atoms with Crippen LogP contribution in [0.1, 0.15) is 16.8 Å². The van der Waals surface area contributed by atoms with E-state index in [2.05, 4.69) is 4.98 Å². The van der Waals surface area contributed by atoms with Gasteiger partial charge in [-0.1, -0.05) is 0 Å². The van der Waals surface area contributed by atoms with Gasteiger partial charge in [-0.25, -0.2) is 4.98 Å². The number of hydrogen-bond donors (Lipinski definition) is 0. The minimum atomic E-state index is 0.695. The van der Waals surface area contributed by atoms with Crippen molar-refractivity contribution < 1.29 is 9.53 Å². The third-order valence-corrected chi connectivity index (χ3v) is 2.54. The van der Waals surface area contributed by atoms with Crippen molar-refractivity contribution >= 4 is 17.3 Å². The van der Waals surface area contributed by atoms with Crippen LogP contribution in [0.3, 0.4) is 0 Å².